The van der Waals surface area contributed by atoms with Crippen molar-refractivity contribution in [2.45, 2.75) is 45.6 Å². The average molecular weight is 274 g/mol. The highest BCUT2D eigenvalue weighted by atomic mass is 16.2. The van der Waals surface area contributed by atoms with Gasteiger partial charge in [-0.05, 0) is 18.9 Å². The molecule has 0 saturated heterocycles. The van der Waals surface area contributed by atoms with Gasteiger partial charge in [0.15, 0.2) is 0 Å². The predicted molar refractivity (Wildman–Crippen MR) is 79.3 cm³/mol. The number of pyridine rings is 1. The minimum Gasteiger partial charge on any atom is -0.395 e. The molecule has 4 nitrogen and oxygen atoms in total. The standard InChI is InChI=1S/C16H22N2O2/c1-3-7-14(4-2)18-16(20)15-9-10-17-12-13(15)8-5-6-11-19/h9-10,12,14,19H,3-4,6-7,11H2,1-2H3,(H,18,20). The minimum absolute atomic E-state index is 0.0171. The quantitative estimate of drug-likeness (QED) is 0.781. The highest BCUT2D eigenvalue weighted by Crippen LogP contribution is 2.08. The van der Waals surface area contributed by atoms with Crippen molar-refractivity contribution in [2.24, 2.45) is 0 Å². The van der Waals surface area contributed by atoms with E-state index >= 15 is 0 Å². The summed E-state index contributed by atoms with van der Waals surface area (Å²) in [5.74, 6) is 5.59. The second-order valence-corrected chi connectivity index (χ2v) is 4.56. The van der Waals surface area contributed by atoms with E-state index in [-0.39, 0.29) is 18.6 Å². The van der Waals surface area contributed by atoms with Crippen LogP contribution in [0.3, 0.4) is 0 Å². The third-order valence-corrected chi connectivity index (χ3v) is 2.99. The van der Waals surface area contributed by atoms with Gasteiger partial charge in [0, 0.05) is 24.9 Å². The second-order valence-electron chi connectivity index (χ2n) is 4.56. The van der Waals surface area contributed by atoms with Crippen molar-refractivity contribution >= 4 is 5.91 Å². The molecular formula is C16H22N2O2. The van der Waals surface area contributed by atoms with E-state index in [0.29, 0.717) is 17.5 Å². The number of nitrogens with one attached hydrogen (secondary N) is 1. The maximum atomic E-state index is 12.3. The van der Waals surface area contributed by atoms with Gasteiger partial charge in [-0.25, -0.2) is 0 Å². The normalized spacial score (nSPS) is 11.3. The Bertz CT molecular complexity index is 489. The molecule has 1 amide bonds. The summed E-state index contributed by atoms with van der Waals surface area (Å²) in [6.07, 6.45) is 6.49. The monoisotopic (exact) mass is 274 g/mol. The fourth-order valence-electron chi connectivity index (χ4n) is 1.90. The number of carbonyl (C=O) groups is 1. The highest BCUT2D eigenvalue weighted by Gasteiger charge is 2.14. The number of rotatable bonds is 6. The van der Waals surface area contributed by atoms with Gasteiger partial charge in [-0.2, -0.15) is 0 Å². The van der Waals surface area contributed by atoms with Gasteiger partial charge in [0.25, 0.3) is 5.91 Å². The van der Waals surface area contributed by atoms with Gasteiger partial charge < -0.3 is 10.4 Å². The minimum atomic E-state index is -0.110. The number of amides is 1. The van der Waals surface area contributed by atoms with Crippen molar-refractivity contribution < 1.29 is 9.90 Å². The number of aromatic nitrogens is 1. The summed E-state index contributed by atoms with van der Waals surface area (Å²) in [5, 5.41) is 11.8. The maximum absolute atomic E-state index is 12.3. The molecule has 0 radical (unpaired) electrons. The van der Waals surface area contributed by atoms with Crippen molar-refractivity contribution in [1.29, 1.82) is 0 Å². The molecule has 20 heavy (non-hydrogen) atoms. The van der Waals surface area contributed by atoms with Crippen LogP contribution in [0.2, 0.25) is 0 Å². The Hall–Kier alpha value is -1.86. The van der Waals surface area contributed by atoms with E-state index in [4.69, 9.17) is 5.11 Å². The molecule has 4 heteroatoms. The van der Waals surface area contributed by atoms with Gasteiger partial charge >= 0.3 is 0 Å². The molecule has 0 aliphatic heterocycles. The highest BCUT2D eigenvalue weighted by molar-refractivity contribution is 5.96. The van der Waals surface area contributed by atoms with Crippen LogP contribution >= 0.6 is 0 Å². The van der Waals surface area contributed by atoms with Crippen LogP contribution in [0.4, 0.5) is 0 Å². The molecule has 1 atom stereocenters. The zero-order chi connectivity index (χ0) is 14.8. The number of aliphatic hydroxyl groups is 1. The van der Waals surface area contributed by atoms with Crippen LogP contribution < -0.4 is 5.32 Å². The Morgan fingerprint density at radius 1 is 1.50 bits per heavy atom. The molecule has 0 bridgehead atoms. The van der Waals surface area contributed by atoms with Gasteiger partial charge in [0.2, 0.25) is 0 Å². The van der Waals surface area contributed by atoms with Crippen molar-refractivity contribution in [3.63, 3.8) is 0 Å². The summed E-state index contributed by atoms with van der Waals surface area (Å²) in [7, 11) is 0. The zero-order valence-electron chi connectivity index (χ0n) is 12.1. The summed E-state index contributed by atoms with van der Waals surface area (Å²) in [6.45, 7) is 4.19. The van der Waals surface area contributed by atoms with Crippen LogP contribution in [-0.2, 0) is 0 Å². The summed E-state index contributed by atoms with van der Waals surface area (Å²) in [4.78, 5) is 16.3. The lowest BCUT2D eigenvalue weighted by Gasteiger charge is -2.16. The first-order chi connectivity index (χ1) is 9.72. The molecule has 2 N–H and O–H groups in total. The lowest BCUT2D eigenvalue weighted by Crippen LogP contribution is -2.34. The van der Waals surface area contributed by atoms with E-state index in [2.05, 4.69) is 36.0 Å². The molecule has 0 fully saturated rings. The van der Waals surface area contributed by atoms with Crippen LogP contribution in [0.25, 0.3) is 0 Å². The smallest absolute Gasteiger partial charge is 0.252 e. The predicted octanol–water partition coefficient (Wildman–Crippen LogP) is 2.12. The third kappa shape index (κ3) is 5.02. The third-order valence-electron chi connectivity index (χ3n) is 2.99. The van der Waals surface area contributed by atoms with Crippen LogP contribution in [0.1, 0.15) is 55.5 Å². The second kappa shape index (κ2) is 9.11. The molecular weight excluding hydrogens is 252 g/mol. The zero-order valence-corrected chi connectivity index (χ0v) is 12.1. The molecule has 0 aromatic carbocycles. The van der Waals surface area contributed by atoms with Crippen molar-refractivity contribution in [1.82, 2.24) is 10.3 Å². The van der Waals surface area contributed by atoms with Crippen LogP contribution in [-0.4, -0.2) is 28.6 Å². The molecule has 1 aromatic rings. The van der Waals surface area contributed by atoms with E-state index in [1.807, 2.05) is 0 Å². The SMILES string of the molecule is CCCC(CC)NC(=O)c1ccncc1C#CCCO. The van der Waals surface area contributed by atoms with E-state index < -0.39 is 0 Å². The Balaban J connectivity index is 2.85. The largest absolute Gasteiger partial charge is 0.395 e. The Morgan fingerprint density at radius 3 is 2.95 bits per heavy atom. The van der Waals surface area contributed by atoms with Crippen LogP contribution in [0, 0.1) is 11.8 Å². The first kappa shape index (κ1) is 16.2. The molecule has 1 heterocycles. The van der Waals surface area contributed by atoms with E-state index in [0.717, 1.165) is 19.3 Å². The van der Waals surface area contributed by atoms with Crippen LogP contribution in [0.15, 0.2) is 18.5 Å². The van der Waals surface area contributed by atoms with Gasteiger partial charge in [0.05, 0.1) is 17.7 Å². The summed E-state index contributed by atoms with van der Waals surface area (Å²) in [5.41, 5.74) is 1.14. The molecule has 1 rings (SSSR count). The lowest BCUT2D eigenvalue weighted by atomic mass is 10.1. The first-order valence-corrected chi connectivity index (χ1v) is 7.07. The van der Waals surface area contributed by atoms with Gasteiger partial charge in [-0.15, -0.1) is 0 Å². The molecule has 0 saturated carbocycles. The van der Waals surface area contributed by atoms with E-state index in [1.165, 1.54) is 0 Å². The molecule has 108 valence electrons. The van der Waals surface area contributed by atoms with Crippen molar-refractivity contribution in [2.75, 3.05) is 6.61 Å². The van der Waals surface area contributed by atoms with Gasteiger partial charge in [-0.1, -0.05) is 32.1 Å². The maximum Gasteiger partial charge on any atom is 0.252 e. The molecule has 1 unspecified atom stereocenters. The summed E-state index contributed by atoms with van der Waals surface area (Å²) < 4.78 is 0. The number of hydrogen-bond donors (Lipinski definition) is 2. The Morgan fingerprint density at radius 2 is 2.30 bits per heavy atom. The number of carbonyl (C=O) groups excluding carboxylic acids is 1. The van der Waals surface area contributed by atoms with Gasteiger partial charge in [-0.3, -0.25) is 9.78 Å². The van der Waals surface area contributed by atoms with Crippen molar-refractivity contribution in [3.05, 3.63) is 29.6 Å². The summed E-state index contributed by atoms with van der Waals surface area (Å²) >= 11 is 0. The van der Waals surface area contributed by atoms with E-state index in [1.54, 1.807) is 18.5 Å². The van der Waals surface area contributed by atoms with Gasteiger partial charge in [0.1, 0.15) is 0 Å². The number of nitrogens with zero attached hydrogens (tertiary/aromatic N) is 1. The number of aliphatic hydroxyl groups excluding tert-OH is 1. The summed E-state index contributed by atoms with van der Waals surface area (Å²) in [6, 6.07) is 1.87. The average Bonchev–Trinajstić information content (AvgIpc) is 2.47. The topological polar surface area (TPSA) is 62.2 Å². The Labute approximate surface area is 120 Å². The van der Waals surface area contributed by atoms with Crippen LogP contribution in [0.5, 0.6) is 0 Å². The Kier molecular flexibility index (Phi) is 7.38. The fraction of sp³-hybridized carbons (Fsp3) is 0.500. The molecule has 0 aliphatic carbocycles. The number of hydrogen-bond acceptors (Lipinski definition) is 3. The molecule has 0 spiro atoms. The lowest BCUT2D eigenvalue weighted by molar-refractivity contribution is 0.0933. The van der Waals surface area contributed by atoms with Crippen molar-refractivity contribution in [3.8, 4) is 11.8 Å². The first-order valence-electron chi connectivity index (χ1n) is 7.07. The molecule has 1 aromatic heterocycles. The molecule has 0 aliphatic rings. The van der Waals surface area contributed by atoms with E-state index in [9.17, 15) is 4.79 Å². The fourth-order valence-corrected chi connectivity index (χ4v) is 1.90.